The van der Waals surface area contributed by atoms with Crippen LogP contribution in [0.4, 0.5) is 13.2 Å². The van der Waals surface area contributed by atoms with E-state index in [4.69, 9.17) is 0 Å². The van der Waals surface area contributed by atoms with Crippen molar-refractivity contribution in [2.45, 2.75) is 11.1 Å². The molecule has 3 rings (SSSR count). The van der Waals surface area contributed by atoms with E-state index in [0.717, 1.165) is 4.40 Å². The molecule has 0 N–H and O–H groups in total. The first-order chi connectivity index (χ1) is 9.48. The topological polar surface area (TPSA) is 30.2 Å². The zero-order valence-electron chi connectivity index (χ0n) is 9.96. The van der Waals surface area contributed by atoms with Gasteiger partial charge in [0.05, 0.1) is 5.69 Å². The van der Waals surface area contributed by atoms with Crippen LogP contribution in [0.25, 0.3) is 16.9 Å². The van der Waals surface area contributed by atoms with Gasteiger partial charge < -0.3 is 0 Å². The molecule has 102 valence electrons. The SMILES string of the molecule is FC(F)(F)c1nnc2ccc(S)c(-c3ccccc3)n12. The molecular weight excluding hydrogens is 287 g/mol. The third-order valence-corrected chi connectivity index (χ3v) is 3.21. The minimum absolute atomic E-state index is 0.133. The van der Waals surface area contributed by atoms with E-state index >= 15 is 0 Å². The van der Waals surface area contributed by atoms with Crippen LogP contribution in [0.3, 0.4) is 0 Å². The molecule has 0 fully saturated rings. The van der Waals surface area contributed by atoms with Gasteiger partial charge in [-0.25, -0.2) is 0 Å². The highest BCUT2D eigenvalue weighted by Gasteiger charge is 2.37. The van der Waals surface area contributed by atoms with Gasteiger partial charge in [0, 0.05) is 4.90 Å². The van der Waals surface area contributed by atoms with Crippen molar-refractivity contribution in [1.29, 1.82) is 0 Å². The molecule has 0 aliphatic carbocycles. The van der Waals surface area contributed by atoms with Crippen LogP contribution in [-0.2, 0) is 6.18 Å². The summed E-state index contributed by atoms with van der Waals surface area (Å²) < 4.78 is 40.1. The summed E-state index contributed by atoms with van der Waals surface area (Å²) in [5, 5.41) is 6.82. The number of nitrogens with zero attached hydrogens (tertiary/aromatic N) is 3. The Labute approximate surface area is 117 Å². The second-order valence-corrected chi connectivity index (χ2v) is 4.63. The second kappa shape index (κ2) is 4.52. The summed E-state index contributed by atoms with van der Waals surface area (Å²) in [6.07, 6.45) is -4.58. The van der Waals surface area contributed by atoms with E-state index in [1.54, 1.807) is 36.4 Å². The highest BCUT2D eigenvalue weighted by molar-refractivity contribution is 7.80. The molecule has 2 aromatic heterocycles. The first kappa shape index (κ1) is 13.0. The molecule has 2 heterocycles. The van der Waals surface area contributed by atoms with Gasteiger partial charge in [-0.1, -0.05) is 30.3 Å². The van der Waals surface area contributed by atoms with Crippen LogP contribution in [0.2, 0.25) is 0 Å². The van der Waals surface area contributed by atoms with E-state index < -0.39 is 12.0 Å². The average molecular weight is 295 g/mol. The Balaban J connectivity index is 2.41. The van der Waals surface area contributed by atoms with E-state index in [0.29, 0.717) is 16.2 Å². The van der Waals surface area contributed by atoms with Crippen LogP contribution >= 0.6 is 12.6 Å². The summed E-state index contributed by atoms with van der Waals surface area (Å²) in [7, 11) is 0. The molecule has 0 saturated carbocycles. The van der Waals surface area contributed by atoms with Crippen LogP contribution in [0.15, 0.2) is 47.4 Å². The molecule has 0 radical (unpaired) electrons. The highest BCUT2D eigenvalue weighted by Crippen LogP contribution is 2.34. The number of thiol groups is 1. The maximum Gasteiger partial charge on any atom is 0.452 e. The molecule has 0 bridgehead atoms. The molecule has 1 aromatic carbocycles. The van der Waals surface area contributed by atoms with Crippen molar-refractivity contribution >= 4 is 18.3 Å². The van der Waals surface area contributed by atoms with Crippen LogP contribution in [0.5, 0.6) is 0 Å². The lowest BCUT2D eigenvalue weighted by atomic mass is 10.1. The summed E-state index contributed by atoms with van der Waals surface area (Å²) in [5.74, 6) is -1.05. The molecule has 0 amide bonds. The maximum absolute atomic E-state index is 13.0. The Hall–Kier alpha value is -2.02. The molecule has 3 aromatic rings. The lowest BCUT2D eigenvalue weighted by Gasteiger charge is -2.12. The number of halogens is 3. The fraction of sp³-hybridized carbons (Fsp3) is 0.0769. The first-order valence-electron chi connectivity index (χ1n) is 5.68. The summed E-state index contributed by atoms with van der Waals surface area (Å²) in [6, 6.07) is 11.8. The van der Waals surface area contributed by atoms with Crippen molar-refractivity contribution in [3.8, 4) is 11.3 Å². The average Bonchev–Trinajstić information content (AvgIpc) is 2.83. The van der Waals surface area contributed by atoms with E-state index in [1.165, 1.54) is 6.07 Å². The maximum atomic E-state index is 13.0. The number of fused-ring (bicyclic) bond motifs is 1. The molecular formula is C13H8F3N3S. The van der Waals surface area contributed by atoms with Gasteiger partial charge in [0.15, 0.2) is 5.65 Å². The Bertz CT molecular complexity index is 766. The second-order valence-electron chi connectivity index (χ2n) is 4.15. The third-order valence-electron chi connectivity index (χ3n) is 2.85. The van der Waals surface area contributed by atoms with E-state index in [-0.39, 0.29) is 5.65 Å². The van der Waals surface area contributed by atoms with Crippen LogP contribution in [-0.4, -0.2) is 14.6 Å². The molecule has 0 spiro atoms. The number of rotatable bonds is 1. The van der Waals surface area contributed by atoms with E-state index in [1.807, 2.05) is 0 Å². The van der Waals surface area contributed by atoms with Gasteiger partial charge >= 0.3 is 6.18 Å². The van der Waals surface area contributed by atoms with Crippen LogP contribution in [0, 0.1) is 0 Å². The van der Waals surface area contributed by atoms with Crippen LogP contribution in [0.1, 0.15) is 5.82 Å². The quantitative estimate of drug-likeness (QED) is 0.694. The monoisotopic (exact) mass is 295 g/mol. The van der Waals surface area contributed by atoms with Gasteiger partial charge in [0.25, 0.3) is 0 Å². The zero-order valence-corrected chi connectivity index (χ0v) is 10.9. The number of hydrogen-bond acceptors (Lipinski definition) is 3. The normalized spacial score (nSPS) is 12.0. The summed E-state index contributed by atoms with van der Waals surface area (Å²) >= 11 is 4.26. The predicted molar refractivity (Wildman–Crippen MR) is 70.7 cm³/mol. The van der Waals surface area contributed by atoms with E-state index in [9.17, 15) is 13.2 Å². The van der Waals surface area contributed by atoms with Gasteiger partial charge in [-0.15, -0.1) is 22.8 Å². The molecule has 0 atom stereocenters. The lowest BCUT2D eigenvalue weighted by molar-refractivity contribution is -0.145. The van der Waals surface area contributed by atoms with Crippen molar-refractivity contribution in [2.75, 3.05) is 0 Å². The number of pyridine rings is 1. The molecule has 3 nitrogen and oxygen atoms in total. The standard InChI is InChI=1S/C13H8F3N3S/c14-13(15,16)12-18-17-10-7-6-9(20)11(19(10)12)8-4-2-1-3-5-8/h1-7,20H. The number of hydrogen-bond donors (Lipinski definition) is 1. The molecule has 7 heteroatoms. The molecule has 0 saturated heterocycles. The van der Waals surface area contributed by atoms with Gasteiger partial charge in [-0.05, 0) is 17.7 Å². The fourth-order valence-corrected chi connectivity index (χ4v) is 2.33. The first-order valence-corrected chi connectivity index (χ1v) is 6.13. The smallest absolute Gasteiger partial charge is 0.270 e. The number of alkyl halides is 3. The van der Waals surface area contributed by atoms with Crippen molar-refractivity contribution in [3.05, 3.63) is 48.3 Å². The van der Waals surface area contributed by atoms with Gasteiger partial charge in [0.2, 0.25) is 5.82 Å². The summed E-state index contributed by atoms with van der Waals surface area (Å²) in [5.41, 5.74) is 1.08. The number of aromatic nitrogens is 3. The Kier molecular flexibility index (Phi) is 2.93. The van der Waals surface area contributed by atoms with Crippen molar-refractivity contribution in [3.63, 3.8) is 0 Å². The molecule has 0 unspecified atom stereocenters. The predicted octanol–water partition coefficient (Wildman–Crippen LogP) is 3.70. The fourth-order valence-electron chi connectivity index (χ4n) is 2.03. The highest BCUT2D eigenvalue weighted by atomic mass is 32.1. The summed E-state index contributed by atoms with van der Waals surface area (Å²) in [4.78, 5) is 0.425. The largest absolute Gasteiger partial charge is 0.452 e. The molecule has 0 aliphatic heterocycles. The Morgan fingerprint density at radius 1 is 0.950 bits per heavy atom. The lowest BCUT2D eigenvalue weighted by Crippen LogP contribution is -2.12. The van der Waals surface area contributed by atoms with Crippen molar-refractivity contribution in [1.82, 2.24) is 14.6 Å². The minimum atomic E-state index is -4.58. The van der Waals surface area contributed by atoms with Gasteiger partial charge in [-0.3, -0.25) is 4.40 Å². The summed E-state index contributed by atoms with van der Waals surface area (Å²) in [6.45, 7) is 0. The Morgan fingerprint density at radius 3 is 2.30 bits per heavy atom. The molecule has 20 heavy (non-hydrogen) atoms. The minimum Gasteiger partial charge on any atom is -0.270 e. The van der Waals surface area contributed by atoms with Gasteiger partial charge in [0.1, 0.15) is 0 Å². The van der Waals surface area contributed by atoms with Crippen molar-refractivity contribution < 1.29 is 13.2 Å². The zero-order chi connectivity index (χ0) is 14.3. The number of benzene rings is 1. The van der Waals surface area contributed by atoms with Gasteiger partial charge in [-0.2, -0.15) is 13.2 Å². The van der Waals surface area contributed by atoms with Crippen molar-refractivity contribution in [2.24, 2.45) is 0 Å². The van der Waals surface area contributed by atoms with Crippen LogP contribution < -0.4 is 0 Å². The van der Waals surface area contributed by atoms with E-state index in [2.05, 4.69) is 22.8 Å². The molecule has 0 aliphatic rings. The Morgan fingerprint density at radius 2 is 1.65 bits per heavy atom. The third kappa shape index (κ3) is 2.03.